The number of hydrogen-bond acceptors (Lipinski definition) is 2. The van der Waals surface area contributed by atoms with Gasteiger partial charge in [-0.3, -0.25) is 4.79 Å². The monoisotopic (exact) mass is 367 g/mol. The molecule has 2 aromatic carbocycles. The van der Waals surface area contributed by atoms with Gasteiger partial charge in [0.1, 0.15) is 23.1 Å². The molecule has 0 radical (unpaired) electrons. The highest BCUT2D eigenvalue weighted by Crippen LogP contribution is 2.24. The first-order chi connectivity index (χ1) is 10.5. The van der Waals surface area contributed by atoms with Gasteiger partial charge in [-0.05, 0) is 36.4 Å². The molecule has 2 aromatic rings. The molecule has 0 unspecified atom stereocenters. The fourth-order valence-electron chi connectivity index (χ4n) is 1.78. The van der Waals surface area contributed by atoms with E-state index in [0.29, 0.717) is 11.3 Å². The summed E-state index contributed by atoms with van der Waals surface area (Å²) in [6.45, 7) is 0. The predicted octanol–water partition coefficient (Wildman–Crippen LogP) is 4.39. The Morgan fingerprint density at radius 3 is 2.55 bits per heavy atom. The maximum atomic E-state index is 13.4. The van der Waals surface area contributed by atoms with Gasteiger partial charge < -0.3 is 10.1 Å². The molecule has 6 heteroatoms. The van der Waals surface area contributed by atoms with Crippen LogP contribution in [0.2, 0.25) is 0 Å². The standard InChI is InChI=1S/C16H12BrF2NO2/c1-22-14-7-6-11(17)9-10(14)5-8-15(21)20-16-12(18)3-2-4-13(16)19/h2-9H,1H3,(H,20,21)/b8-5+. The fourth-order valence-corrected chi connectivity index (χ4v) is 2.16. The summed E-state index contributed by atoms with van der Waals surface area (Å²) in [7, 11) is 1.51. The molecule has 0 aromatic heterocycles. The highest BCUT2D eigenvalue weighted by atomic mass is 79.9. The maximum absolute atomic E-state index is 13.4. The minimum absolute atomic E-state index is 0.474. The quantitative estimate of drug-likeness (QED) is 0.813. The van der Waals surface area contributed by atoms with Crippen molar-refractivity contribution < 1.29 is 18.3 Å². The van der Waals surface area contributed by atoms with Crippen molar-refractivity contribution in [1.29, 1.82) is 0 Å². The Kier molecular flexibility index (Phi) is 5.27. The Hall–Kier alpha value is -2.21. The van der Waals surface area contributed by atoms with Crippen LogP contribution in [0, 0.1) is 11.6 Å². The number of ether oxygens (including phenoxy) is 1. The molecule has 0 saturated heterocycles. The molecule has 0 heterocycles. The third-order valence-corrected chi connectivity index (χ3v) is 3.31. The van der Waals surface area contributed by atoms with E-state index < -0.39 is 23.2 Å². The molecule has 0 fully saturated rings. The van der Waals surface area contributed by atoms with Crippen molar-refractivity contribution >= 4 is 33.6 Å². The van der Waals surface area contributed by atoms with E-state index in [1.807, 2.05) is 0 Å². The smallest absolute Gasteiger partial charge is 0.248 e. The van der Waals surface area contributed by atoms with E-state index in [9.17, 15) is 13.6 Å². The first kappa shape index (κ1) is 16.2. The van der Waals surface area contributed by atoms with Gasteiger partial charge in [0, 0.05) is 16.1 Å². The van der Waals surface area contributed by atoms with Gasteiger partial charge in [0.05, 0.1) is 7.11 Å². The van der Waals surface area contributed by atoms with Crippen LogP contribution in [0.4, 0.5) is 14.5 Å². The lowest BCUT2D eigenvalue weighted by Gasteiger charge is -2.06. The number of halogens is 3. The number of para-hydroxylation sites is 1. The number of carbonyl (C=O) groups excluding carboxylic acids is 1. The number of methoxy groups -OCH3 is 1. The van der Waals surface area contributed by atoms with Gasteiger partial charge >= 0.3 is 0 Å². The molecule has 0 aliphatic carbocycles. The predicted molar refractivity (Wildman–Crippen MR) is 84.7 cm³/mol. The van der Waals surface area contributed by atoms with Crippen LogP contribution in [0.25, 0.3) is 6.08 Å². The van der Waals surface area contributed by atoms with E-state index in [0.717, 1.165) is 16.6 Å². The summed E-state index contributed by atoms with van der Waals surface area (Å²) in [6, 6.07) is 8.65. The second-order valence-corrected chi connectivity index (χ2v) is 5.22. The van der Waals surface area contributed by atoms with Crippen LogP contribution in [0.3, 0.4) is 0 Å². The number of rotatable bonds is 4. The second kappa shape index (κ2) is 7.17. The van der Waals surface area contributed by atoms with E-state index in [1.165, 1.54) is 25.3 Å². The van der Waals surface area contributed by atoms with Crippen LogP contribution in [0.1, 0.15) is 5.56 Å². The number of nitrogens with one attached hydrogen (secondary N) is 1. The number of carbonyl (C=O) groups is 1. The van der Waals surface area contributed by atoms with Gasteiger partial charge in [-0.25, -0.2) is 8.78 Å². The Bertz CT molecular complexity index is 712. The van der Waals surface area contributed by atoms with Crippen LogP contribution < -0.4 is 10.1 Å². The zero-order valence-corrected chi connectivity index (χ0v) is 13.2. The lowest BCUT2D eigenvalue weighted by Crippen LogP contribution is -2.10. The van der Waals surface area contributed by atoms with Gasteiger partial charge in [-0.2, -0.15) is 0 Å². The summed E-state index contributed by atoms with van der Waals surface area (Å²) < 4.78 is 32.9. The maximum Gasteiger partial charge on any atom is 0.248 e. The van der Waals surface area contributed by atoms with Gasteiger partial charge in [0.2, 0.25) is 5.91 Å². The third-order valence-electron chi connectivity index (χ3n) is 2.82. The molecular weight excluding hydrogens is 356 g/mol. The van der Waals surface area contributed by atoms with E-state index >= 15 is 0 Å². The van der Waals surface area contributed by atoms with Gasteiger partial charge in [0.25, 0.3) is 0 Å². The van der Waals surface area contributed by atoms with Crippen LogP contribution in [-0.4, -0.2) is 13.0 Å². The van der Waals surface area contributed by atoms with E-state index in [4.69, 9.17) is 4.74 Å². The Labute approximate surface area is 134 Å². The molecule has 0 spiro atoms. The first-order valence-electron chi connectivity index (χ1n) is 6.28. The van der Waals surface area contributed by atoms with E-state index in [-0.39, 0.29) is 0 Å². The van der Waals surface area contributed by atoms with Crippen LogP contribution in [0.5, 0.6) is 5.75 Å². The fraction of sp³-hybridized carbons (Fsp3) is 0.0625. The zero-order valence-electron chi connectivity index (χ0n) is 11.6. The third kappa shape index (κ3) is 3.92. The molecule has 2 rings (SSSR count). The lowest BCUT2D eigenvalue weighted by atomic mass is 10.2. The van der Waals surface area contributed by atoms with Crippen molar-refractivity contribution in [1.82, 2.24) is 0 Å². The molecule has 0 aliphatic heterocycles. The molecule has 1 amide bonds. The SMILES string of the molecule is COc1ccc(Br)cc1/C=C/C(=O)Nc1c(F)cccc1F. The lowest BCUT2D eigenvalue weighted by molar-refractivity contribution is -0.111. The highest BCUT2D eigenvalue weighted by Gasteiger charge is 2.10. The number of anilines is 1. The van der Waals surface area contributed by atoms with Crippen molar-refractivity contribution in [2.45, 2.75) is 0 Å². The van der Waals surface area contributed by atoms with Gasteiger partial charge in [0.15, 0.2) is 0 Å². The van der Waals surface area contributed by atoms with E-state index in [1.54, 1.807) is 18.2 Å². The van der Waals surface area contributed by atoms with Crippen LogP contribution in [-0.2, 0) is 4.79 Å². The van der Waals surface area contributed by atoms with Crippen molar-refractivity contribution in [3.05, 3.63) is 64.1 Å². The Morgan fingerprint density at radius 1 is 1.23 bits per heavy atom. The molecule has 0 aliphatic rings. The molecule has 1 N–H and O–H groups in total. The molecule has 0 bridgehead atoms. The minimum atomic E-state index is -0.832. The molecule has 3 nitrogen and oxygen atoms in total. The zero-order chi connectivity index (χ0) is 16.1. The molecular formula is C16H12BrF2NO2. The summed E-state index contributed by atoms with van der Waals surface area (Å²) in [4.78, 5) is 11.8. The molecule has 22 heavy (non-hydrogen) atoms. The van der Waals surface area contributed by atoms with Gasteiger partial charge in [-0.15, -0.1) is 0 Å². The minimum Gasteiger partial charge on any atom is -0.496 e. The summed E-state index contributed by atoms with van der Waals surface area (Å²) in [5.41, 5.74) is 0.180. The van der Waals surface area contributed by atoms with Crippen molar-refractivity contribution in [3.8, 4) is 5.75 Å². The topological polar surface area (TPSA) is 38.3 Å². The molecule has 114 valence electrons. The average molecular weight is 368 g/mol. The van der Waals surface area contributed by atoms with Crippen LogP contribution >= 0.6 is 15.9 Å². The second-order valence-electron chi connectivity index (χ2n) is 4.31. The van der Waals surface area contributed by atoms with Crippen molar-refractivity contribution in [2.24, 2.45) is 0 Å². The van der Waals surface area contributed by atoms with Gasteiger partial charge in [-0.1, -0.05) is 22.0 Å². The molecule has 0 saturated carbocycles. The number of benzene rings is 2. The first-order valence-corrected chi connectivity index (χ1v) is 7.07. The summed E-state index contributed by atoms with van der Waals surface area (Å²) in [5.74, 6) is -1.74. The van der Waals surface area contributed by atoms with Crippen molar-refractivity contribution in [3.63, 3.8) is 0 Å². The largest absolute Gasteiger partial charge is 0.496 e. The van der Waals surface area contributed by atoms with Crippen LogP contribution in [0.15, 0.2) is 46.9 Å². The number of amides is 1. The highest BCUT2D eigenvalue weighted by molar-refractivity contribution is 9.10. The summed E-state index contributed by atoms with van der Waals surface area (Å²) in [5, 5.41) is 2.17. The Morgan fingerprint density at radius 2 is 1.91 bits per heavy atom. The number of hydrogen-bond donors (Lipinski definition) is 1. The summed E-state index contributed by atoms with van der Waals surface area (Å²) >= 11 is 3.32. The normalized spacial score (nSPS) is 10.7. The average Bonchev–Trinajstić information content (AvgIpc) is 2.49. The summed E-state index contributed by atoms with van der Waals surface area (Å²) in [6.07, 6.45) is 2.67. The molecule has 0 atom stereocenters. The van der Waals surface area contributed by atoms with Crippen molar-refractivity contribution in [2.75, 3.05) is 12.4 Å². The Balaban J connectivity index is 2.17. The van der Waals surface area contributed by atoms with E-state index in [2.05, 4.69) is 21.2 Å².